The highest BCUT2D eigenvalue weighted by Crippen LogP contribution is 2.43. The smallest absolute Gasteiger partial charge is 0.378 e. The average Bonchev–Trinajstić information content (AvgIpc) is 3.49. The maximum Gasteiger partial charge on any atom is 0.447 e. The summed E-state index contributed by atoms with van der Waals surface area (Å²) in [5.74, 6) is -0.294. The minimum absolute atomic E-state index is 0.0425. The number of thioether (sulfide) groups is 1. The number of carbonyl (C=O) groups excluding carboxylic acids is 1. The van der Waals surface area contributed by atoms with Crippen LogP contribution in [-0.4, -0.2) is 101 Å². The lowest BCUT2D eigenvalue weighted by Crippen LogP contribution is -2.51. The summed E-state index contributed by atoms with van der Waals surface area (Å²) in [4.78, 5) is 20.6. The highest BCUT2D eigenvalue weighted by atomic mass is 32.2. The van der Waals surface area contributed by atoms with Crippen molar-refractivity contribution >= 4 is 28.9 Å². The number of piperidine rings is 1. The lowest BCUT2D eigenvalue weighted by Gasteiger charge is -2.33. The SMILES string of the molecule is CN1CC[C@@H](Nc2cccn3c(SC(F)(F)F)c(-c4noc(CNC(=O)[C@@H]5COCCN5C)n4)cc23)[C@@H](F)C1. The standard InChI is InChI=1S/C24H29F4N7O3S/c1-33-7-5-16(15(25)12-33)30-17-4-3-6-35-18(17)10-14(23(35)39-24(26,27)28)21-31-20(38-32-21)11-29-22(36)19-13-37-9-8-34(19)2/h3-4,6,10,15-16,19,30H,5,7-9,11-13H2,1-2H3,(H,29,36)/t15-,16+,19-/m0/s1. The average molecular weight is 572 g/mol. The molecule has 0 radical (unpaired) electrons. The number of halogens is 4. The van der Waals surface area contributed by atoms with Crippen molar-refractivity contribution in [2.45, 2.75) is 41.8 Å². The maximum atomic E-state index is 14.7. The Labute approximate surface area is 226 Å². The van der Waals surface area contributed by atoms with Crippen molar-refractivity contribution in [2.75, 3.05) is 52.3 Å². The van der Waals surface area contributed by atoms with Gasteiger partial charge in [-0.2, -0.15) is 18.2 Å². The van der Waals surface area contributed by atoms with Gasteiger partial charge in [0.15, 0.2) is 0 Å². The Bertz CT molecular complexity index is 1320. The number of pyridine rings is 1. The van der Waals surface area contributed by atoms with E-state index in [0.717, 1.165) is 0 Å². The number of carbonyl (C=O) groups is 1. The molecule has 0 saturated carbocycles. The van der Waals surface area contributed by atoms with Gasteiger partial charge in [0.05, 0.1) is 47.6 Å². The maximum absolute atomic E-state index is 14.7. The van der Waals surface area contributed by atoms with E-state index in [2.05, 4.69) is 20.8 Å². The minimum atomic E-state index is -4.58. The number of morpholine rings is 1. The van der Waals surface area contributed by atoms with Crippen LogP contribution in [-0.2, 0) is 16.1 Å². The molecule has 5 heterocycles. The zero-order valence-electron chi connectivity index (χ0n) is 21.4. The molecule has 2 aliphatic heterocycles. The molecule has 0 unspecified atom stereocenters. The molecule has 5 rings (SSSR count). The van der Waals surface area contributed by atoms with Gasteiger partial charge in [-0.1, -0.05) is 5.16 Å². The van der Waals surface area contributed by atoms with Crippen molar-refractivity contribution in [3.63, 3.8) is 0 Å². The van der Waals surface area contributed by atoms with Gasteiger partial charge >= 0.3 is 5.51 Å². The predicted molar refractivity (Wildman–Crippen MR) is 136 cm³/mol. The summed E-state index contributed by atoms with van der Waals surface area (Å²) in [5.41, 5.74) is -3.56. The van der Waals surface area contributed by atoms with Crippen LogP contribution in [0.15, 0.2) is 33.9 Å². The number of nitrogens with zero attached hydrogens (tertiary/aromatic N) is 5. The Morgan fingerprint density at radius 2 is 2.10 bits per heavy atom. The van der Waals surface area contributed by atoms with Crippen molar-refractivity contribution in [2.24, 2.45) is 0 Å². The van der Waals surface area contributed by atoms with E-state index in [1.165, 1.54) is 16.7 Å². The van der Waals surface area contributed by atoms with Gasteiger partial charge in [0.1, 0.15) is 12.2 Å². The van der Waals surface area contributed by atoms with Crippen LogP contribution < -0.4 is 10.6 Å². The van der Waals surface area contributed by atoms with Crippen LogP contribution in [0.1, 0.15) is 12.3 Å². The van der Waals surface area contributed by atoms with E-state index in [4.69, 9.17) is 9.26 Å². The third kappa shape index (κ3) is 6.31. The second-order valence-electron chi connectivity index (χ2n) is 9.71. The fourth-order valence-electron chi connectivity index (χ4n) is 4.77. The van der Waals surface area contributed by atoms with Crippen molar-refractivity contribution < 1.29 is 31.6 Å². The van der Waals surface area contributed by atoms with Gasteiger partial charge < -0.3 is 29.2 Å². The molecule has 10 nitrogen and oxygen atoms in total. The number of likely N-dealkylation sites (tertiary alicyclic amines) is 1. The number of ether oxygens (including phenoxy) is 1. The van der Waals surface area contributed by atoms with E-state index in [-0.39, 0.29) is 59.7 Å². The van der Waals surface area contributed by atoms with Crippen molar-refractivity contribution in [3.8, 4) is 11.4 Å². The van der Waals surface area contributed by atoms with Gasteiger partial charge in [0.25, 0.3) is 0 Å². The predicted octanol–water partition coefficient (Wildman–Crippen LogP) is 3.00. The number of nitrogens with one attached hydrogen (secondary N) is 2. The first-order valence-corrected chi connectivity index (χ1v) is 13.3. The third-order valence-corrected chi connectivity index (χ3v) is 7.72. The van der Waals surface area contributed by atoms with Crippen LogP contribution in [0.4, 0.5) is 23.2 Å². The Morgan fingerprint density at radius 1 is 1.28 bits per heavy atom. The Morgan fingerprint density at radius 3 is 2.85 bits per heavy atom. The number of anilines is 1. The summed E-state index contributed by atoms with van der Waals surface area (Å²) in [6.45, 7) is 2.30. The van der Waals surface area contributed by atoms with E-state index in [9.17, 15) is 22.4 Å². The molecule has 2 fully saturated rings. The number of hydrogen-bond acceptors (Lipinski definition) is 9. The Hall–Kier alpha value is -2.88. The first-order chi connectivity index (χ1) is 18.6. The normalized spacial score (nSPS) is 23.3. The number of aromatic nitrogens is 3. The lowest BCUT2D eigenvalue weighted by molar-refractivity contribution is -0.131. The Kier molecular flexibility index (Phi) is 8.03. The summed E-state index contributed by atoms with van der Waals surface area (Å²) < 4.78 is 67.4. The second-order valence-corrected chi connectivity index (χ2v) is 10.8. The van der Waals surface area contributed by atoms with E-state index >= 15 is 0 Å². The van der Waals surface area contributed by atoms with Gasteiger partial charge in [0, 0.05) is 37.6 Å². The van der Waals surface area contributed by atoms with Gasteiger partial charge in [-0.05, 0) is 38.7 Å². The molecule has 0 spiro atoms. The largest absolute Gasteiger partial charge is 0.447 e. The first kappa shape index (κ1) is 27.7. The molecular weight excluding hydrogens is 542 g/mol. The number of amides is 1. The van der Waals surface area contributed by atoms with Crippen LogP contribution >= 0.6 is 11.8 Å². The molecule has 212 valence electrons. The minimum Gasteiger partial charge on any atom is -0.378 e. The van der Waals surface area contributed by atoms with Crippen LogP contribution in [0.5, 0.6) is 0 Å². The van der Waals surface area contributed by atoms with Crippen molar-refractivity contribution in [3.05, 3.63) is 30.3 Å². The molecule has 1 amide bonds. The number of hydrogen-bond donors (Lipinski definition) is 2. The number of rotatable bonds is 7. The number of fused-ring (bicyclic) bond motifs is 1. The van der Waals surface area contributed by atoms with E-state index < -0.39 is 23.8 Å². The van der Waals surface area contributed by atoms with E-state index in [1.54, 1.807) is 12.1 Å². The molecular formula is C24H29F4N7O3S. The molecule has 2 aliphatic rings. The van der Waals surface area contributed by atoms with E-state index in [1.807, 2.05) is 23.9 Å². The van der Waals surface area contributed by atoms with E-state index in [0.29, 0.717) is 37.3 Å². The molecule has 2 N–H and O–H groups in total. The Balaban J connectivity index is 1.40. The molecule has 3 aromatic rings. The molecule has 0 aromatic carbocycles. The number of likely N-dealkylation sites (N-methyl/N-ethyl adjacent to an activating group) is 1. The first-order valence-electron chi connectivity index (χ1n) is 12.5. The summed E-state index contributed by atoms with van der Waals surface area (Å²) >= 11 is -0.296. The van der Waals surface area contributed by atoms with Gasteiger partial charge in [0.2, 0.25) is 17.6 Å². The summed E-state index contributed by atoms with van der Waals surface area (Å²) in [6, 6.07) is 3.89. The van der Waals surface area contributed by atoms with Gasteiger partial charge in [-0.25, -0.2) is 4.39 Å². The zero-order valence-corrected chi connectivity index (χ0v) is 22.2. The fourth-order valence-corrected chi connectivity index (χ4v) is 5.50. The quantitative estimate of drug-likeness (QED) is 0.328. The second kappa shape index (κ2) is 11.3. The molecule has 0 aliphatic carbocycles. The molecule has 3 aromatic heterocycles. The third-order valence-electron chi connectivity index (χ3n) is 6.88. The van der Waals surface area contributed by atoms with Crippen molar-refractivity contribution in [1.29, 1.82) is 0 Å². The molecule has 2 saturated heterocycles. The summed E-state index contributed by atoms with van der Waals surface area (Å²) in [5, 5.41) is 9.63. The lowest BCUT2D eigenvalue weighted by atomic mass is 10.0. The van der Waals surface area contributed by atoms with Crippen LogP contribution in [0.3, 0.4) is 0 Å². The van der Waals surface area contributed by atoms with Gasteiger partial charge in [-0.15, -0.1) is 0 Å². The monoisotopic (exact) mass is 571 g/mol. The molecule has 15 heteroatoms. The molecule has 3 atom stereocenters. The highest BCUT2D eigenvalue weighted by molar-refractivity contribution is 8.00. The topological polar surface area (TPSA) is 100 Å². The van der Waals surface area contributed by atoms with Crippen LogP contribution in [0.2, 0.25) is 0 Å². The van der Waals surface area contributed by atoms with Crippen molar-refractivity contribution in [1.82, 2.24) is 29.7 Å². The number of alkyl halides is 4. The summed E-state index contributed by atoms with van der Waals surface area (Å²) in [6.07, 6.45) is 0.931. The molecule has 39 heavy (non-hydrogen) atoms. The zero-order chi connectivity index (χ0) is 27.7. The summed E-state index contributed by atoms with van der Waals surface area (Å²) in [7, 11) is 3.66. The van der Waals surface area contributed by atoms with Crippen LogP contribution in [0.25, 0.3) is 16.9 Å². The van der Waals surface area contributed by atoms with Gasteiger partial charge in [-0.3, -0.25) is 9.69 Å². The van der Waals surface area contributed by atoms with Crippen LogP contribution in [0, 0.1) is 0 Å². The highest BCUT2D eigenvalue weighted by Gasteiger charge is 2.35. The fraction of sp³-hybridized carbons (Fsp3) is 0.542. The molecule has 0 bridgehead atoms.